The summed E-state index contributed by atoms with van der Waals surface area (Å²) in [6.07, 6.45) is 1.71. The number of fused-ring (bicyclic) bond motifs is 1. The molecule has 5 heteroatoms. The van der Waals surface area contributed by atoms with Crippen molar-refractivity contribution >= 4 is 28.9 Å². The van der Waals surface area contributed by atoms with Crippen LogP contribution in [0.4, 0.5) is 15.8 Å². The lowest BCUT2D eigenvalue weighted by Crippen LogP contribution is -2.03. The maximum atomic E-state index is 13.4. The van der Waals surface area contributed by atoms with Crippen LogP contribution >= 0.6 is 0 Å². The molecule has 1 aromatic carbocycles. The van der Waals surface area contributed by atoms with Crippen LogP contribution in [0.1, 0.15) is 22.5 Å². The summed E-state index contributed by atoms with van der Waals surface area (Å²) in [7, 11) is 0. The van der Waals surface area contributed by atoms with Gasteiger partial charge in [-0.15, -0.1) is 0 Å². The van der Waals surface area contributed by atoms with E-state index in [1.165, 1.54) is 12.1 Å². The Morgan fingerprint density at radius 2 is 2.05 bits per heavy atom. The molecule has 0 aliphatic carbocycles. The first-order valence-electron chi connectivity index (χ1n) is 6.25. The number of hydrogen-bond donors (Lipinski definition) is 3. The van der Waals surface area contributed by atoms with Crippen molar-refractivity contribution in [2.45, 2.75) is 13.8 Å². The summed E-state index contributed by atoms with van der Waals surface area (Å²) < 4.78 is 13.4. The molecule has 0 spiro atoms. The minimum absolute atomic E-state index is 0.240. The zero-order valence-corrected chi connectivity index (χ0v) is 11.2. The zero-order chi connectivity index (χ0) is 14.4. The highest BCUT2D eigenvalue weighted by Gasteiger charge is 2.25. The molecule has 3 rings (SSSR count). The van der Waals surface area contributed by atoms with Crippen LogP contribution in [-0.2, 0) is 4.79 Å². The maximum absolute atomic E-state index is 13.4. The van der Waals surface area contributed by atoms with Crippen molar-refractivity contribution in [1.82, 2.24) is 4.98 Å². The highest BCUT2D eigenvalue weighted by atomic mass is 19.1. The molecule has 1 aromatic heterocycles. The van der Waals surface area contributed by atoms with Gasteiger partial charge in [-0.2, -0.15) is 0 Å². The van der Waals surface area contributed by atoms with Gasteiger partial charge in [-0.3, -0.25) is 4.79 Å². The molecule has 102 valence electrons. The van der Waals surface area contributed by atoms with Gasteiger partial charge in [-0.25, -0.2) is 4.39 Å². The number of aromatic nitrogens is 1. The molecule has 20 heavy (non-hydrogen) atoms. The number of nitrogen functional groups attached to an aromatic ring is 1. The number of benzene rings is 1. The van der Waals surface area contributed by atoms with Crippen LogP contribution in [0, 0.1) is 19.7 Å². The summed E-state index contributed by atoms with van der Waals surface area (Å²) in [6.45, 7) is 3.75. The van der Waals surface area contributed by atoms with Crippen molar-refractivity contribution in [2.24, 2.45) is 0 Å². The van der Waals surface area contributed by atoms with Crippen molar-refractivity contribution in [3.05, 3.63) is 46.5 Å². The molecule has 0 bridgehead atoms. The fourth-order valence-electron chi connectivity index (χ4n) is 2.38. The Hall–Kier alpha value is -2.56. The van der Waals surface area contributed by atoms with Crippen molar-refractivity contribution in [2.75, 3.05) is 11.1 Å². The number of halogens is 1. The lowest BCUT2D eigenvalue weighted by molar-refractivity contribution is -0.110. The molecule has 0 atom stereocenters. The van der Waals surface area contributed by atoms with Gasteiger partial charge < -0.3 is 16.0 Å². The highest BCUT2D eigenvalue weighted by molar-refractivity contribution is 6.34. The Labute approximate surface area is 115 Å². The van der Waals surface area contributed by atoms with Gasteiger partial charge in [-0.1, -0.05) is 0 Å². The van der Waals surface area contributed by atoms with Crippen LogP contribution in [0.5, 0.6) is 0 Å². The molecule has 0 saturated carbocycles. The average Bonchev–Trinajstić information content (AvgIpc) is 2.83. The summed E-state index contributed by atoms with van der Waals surface area (Å²) in [5, 5.41) is 2.72. The third-order valence-electron chi connectivity index (χ3n) is 3.59. The molecule has 4 nitrogen and oxygen atoms in total. The number of anilines is 2. The Bertz CT molecular complexity index is 759. The van der Waals surface area contributed by atoms with Gasteiger partial charge in [0.05, 0.1) is 11.3 Å². The van der Waals surface area contributed by atoms with E-state index in [1.54, 1.807) is 12.1 Å². The van der Waals surface area contributed by atoms with E-state index >= 15 is 0 Å². The van der Waals surface area contributed by atoms with Crippen LogP contribution < -0.4 is 11.1 Å². The molecule has 2 heterocycles. The Morgan fingerprint density at radius 1 is 1.30 bits per heavy atom. The van der Waals surface area contributed by atoms with E-state index in [9.17, 15) is 9.18 Å². The number of hydrogen-bond acceptors (Lipinski definition) is 2. The summed E-state index contributed by atoms with van der Waals surface area (Å²) in [4.78, 5) is 15.1. The molecular formula is C15H14FN3O. The predicted octanol–water partition coefficient (Wildman–Crippen LogP) is 2.85. The van der Waals surface area contributed by atoms with E-state index in [0.717, 1.165) is 17.0 Å². The van der Waals surface area contributed by atoms with Gasteiger partial charge >= 0.3 is 0 Å². The Morgan fingerprint density at radius 3 is 2.70 bits per heavy atom. The number of aromatic amines is 1. The smallest absolute Gasteiger partial charge is 0.256 e. The molecular weight excluding hydrogens is 257 g/mol. The first-order valence-corrected chi connectivity index (χ1v) is 6.25. The summed E-state index contributed by atoms with van der Waals surface area (Å²) >= 11 is 0. The number of rotatable bonds is 1. The van der Waals surface area contributed by atoms with E-state index in [0.29, 0.717) is 22.5 Å². The fourth-order valence-corrected chi connectivity index (χ4v) is 2.38. The SMILES string of the molecule is Cc1[nH]c(/C=C2\C(=O)Nc3ccc(F)cc32)c(C)c1N. The summed E-state index contributed by atoms with van der Waals surface area (Å²) in [5.74, 6) is -0.610. The van der Waals surface area contributed by atoms with Gasteiger partial charge in [0.25, 0.3) is 5.91 Å². The fraction of sp³-hybridized carbons (Fsp3) is 0.133. The molecule has 0 fully saturated rings. The first kappa shape index (κ1) is 12.5. The molecule has 1 aliphatic rings. The third kappa shape index (κ3) is 1.79. The van der Waals surface area contributed by atoms with Gasteiger partial charge in [0, 0.05) is 22.6 Å². The number of nitrogens with two attached hydrogens (primary N) is 1. The molecule has 4 N–H and O–H groups in total. The molecule has 0 saturated heterocycles. The molecule has 0 unspecified atom stereocenters. The minimum Gasteiger partial charge on any atom is -0.397 e. The van der Waals surface area contributed by atoms with Crippen molar-refractivity contribution in [3.8, 4) is 0 Å². The second-order valence-corrected chi connectivity index (χ2v) is 4.90. The number of H-pyrrole nitrogens is 1. The number of carbonyl (C=O) groups excluding carboxylic acids is 1. The van der Waals surface area contributed by atoms with E-state index in [2.05, 4.69) is 10.3 Å². The van der Waals surface area contributed by atoms with Crippen LogP contribution in [-0.4, -0.2) is 10.9 Å². The minimum atomic E-state index is -0.370. The lowest BCUT2D eigenvalue weighted by Gasteiger charge is -1.99. The number of carbonyl (C=O) groups is 1. The number of nitrogens with one attached hydrogen (secondary N) is 2. The van der Waals surface area contributed by atoms with E-state index in [-0.39, 0.29) is 11.7 Å². The van der Waals surface area contributed by atoms with Crippen LogP contribution in [0.25, 0.3) is 11.6 Å². The summed E-state index contributed by atoms with van der Waals surface area (Å²) in [6, 6.07) is 4.24. The first-order chi connectivity index (χ1) is 9.47. The normalized spacial score (nSPS) is 15.6. The number of aryl methyl sites for hydroxylation is 1. The van der Waals surface area contributed by atoms with Crippen LogP contribution in [0.15, 0.2) is 18.2 Å². The second-order valence-electron chi connectivity index (χ2n) is 4.90. The largest absolute Gasteiger partial charge is 0.397 e. The van der Waals surface area contributed by atoms with Crippen molar-refractivity contribution in [1.29, 1.82) is 0 Å². The second kappa shape index (κ2) is 4.23. The molecule has 2 aromatic rings. The third-order valence-corrected chi connectivity index (χ3v) is 3.59. The average molecular weight is 271 g/mol. The zero-order valence-electron chi connectivity index (χ0n) is 11.2. The van der Waals surface area contributed by atoms with Crippen molar-refractivity contribution in [3.63, 3.8) is 0 Å². The van der Waals surface area contributed by atoms with E-state index in [1.807, 2.05) is 13.8 Å². The van der Waals surface area contributed by atoms with Gasteiger partial charge in [0.15, 0.2) is 0 Å². The Balaban J connectivity index is 2.15. The van der Waals surface area contributed by atoms with E-state index in [4.69, 9.17) is 5.73 Å². The van der Waals surface area contributed by atoms with E-state index < -0.39 is 0 Å². The monoisotopic (exact) mass is 271 g/mol. The topological polar surface area (TPSA) is 70.9 Å². The molecule has 1 aliphatic heterocycles. The highest BCUT2D eigenvalue weighted by Crippen LogP contribution is 2.34. The maximum Gasteiger partial charge on any atom is 0.256 e. The molecule has 0 radical (unpaired) electrons. The standard InChI is InChI=1S/C15H14FN3O/c1-7-13(18-8(2)14(7)17)6-11-10-5-9(16)3-4-12(10)19-15(11)20/h3-6,18H,17H2,1-2H3,(H,19,20)/b11-6-. The van der Waals surface area contributed by atoms with Crippen LogP contribution in [0.3, 0.4) is 0 Å². The number of amides is 1. The quantitative estimate of drug-likeness (QED) is 0.698. The van der Waals surface area contributed by atoms with Gasteiger partial charge in [-0.05, 0) is 43.7 Å². The van der Waals surface area contributed by atoms with Crippen molar-refractivity contribution < 1.29 is 9.18 Å². The molecule has 1 amide bonds. The summed E-state index contributed by atoms with van der Waals surface area (Å²) in [5.41, 5.74) is 10.7. The predicted molar refractivity (Wildman–Crippen MR) is 77.6 cm³/mol. The van der Waals surface area contributed by atoms with Crippen LogP contribution in [0.2, 0.25) is 0 Å². The lowest BCUT2D eigenvalue weighted by atomic mass is 10.0. The Kier molecular flexibility index (Phi) is 2.64. The van der Waals surface area contributed by atoms with Gasteiger partial charge in [0.1, 0.15) is 5.82 Å². The van der Waals surface area contributed by atoms with Gasteiger partial charge in [0.2, 0.25) is 0 Å².